The SMILES string of the molecule is CCc1cc(OCC(=O)O)nc(N2CCCCC2)n1. The van der Waals surface area contributed by atoms with Crippen LogP contribution in [0.3, 0.4) is 0 Å². The van der Waals surface area contributed by atoms with Crippen LogP contribution >= 0.6 is 0 Å². The van der Waals surface area contributed by atoms with Crippen molar-refractivity contribution in [2.24, 2.45) is 0 Å². The van der Waals surface area contributed by atoms with Gasteiger partial charge in [-0.2, -0.15) is 4.98 Å². The van der Waals surface area contributed by atoms with Crippen molar-refractivity contribution < 1.29 is 14.6 Å². The summed E-state index contributed by atoms with van der Waals surface area (Å²) in [6, 6.07) is 1.70. The average molecular weight is 265 g/mol. The van der Waals surface area contributed by atoms with E-state index in [1.54, 1.807) is 6.07 Å². The molecule has 0 saturated carbocycles. The Bertz CT molecular complexity index is 445. The second-order valence-corrected chi connectivity index (χ2v) is 4.58. The van der Waals surface area contributed by atoms with Gasteiger partial charge in [-0.1, -0.05) is 6.92 Å². The van der Waals surface area contributed by atoms with E-state index < -0.39 is 5.97 Å². The van der Waals surface area contributed by atoms with Gasteiger partial charge in [-0.05, 0) is 25.7 Å². The van der Waals surface area contributed by atoms with Crippen LogP contribution < -0.4 is 9.64 Å². The van der Waals surface area contributed by atoms with Gasteiger partial charge in [0, 0.05) is 24.8 Å². The first kappa shape index (κ1) is 13.6. The third-order valence-corrected chi connectivity index (χ3v) is 3.09. The van der Waals surface area contributed by atoms with Crippen molar-refractivity contribution in [1.29, 1.82) is 0 Å². The second-order valence-electron chi connectivity index (χ2n) is 4.58. The van der Waals surface area contributed by atoms with Crippen LogP contribution in [0.15, 0.2) is 6.07 Å². The number of carboxylic acids is 1. The molecule has 0 bridgehead atoms. The number of anilines is 1. The maximum absolute atomic E-state index is 10.5. The van der Waals surface area contributed by atoms with E-state index in [9.17, 15) is 4.79 Å². The molecule has 6 nitrogen and oxygen atoms in total. The van der Waals surface area contributed by atoms with Crippen LogP contribution in [0, 0.1) is 0 Å². The molecule has 2 rings (SSSR count). The minimum absolute atomic E-state index is 0.342. The molecule has 0 atom stereocenters. The number of aromatic nitrogens is 2. The molecule has 1 aromatic heterocycles. The maximum Gasteiger partial charge on any atom is 0.341 e. The quantitative estimate of drug-likeness (QED) is 0.869. The number of rotatable bonds is 5. The van der Waals surface area contributed by atoms with Crippen molar-refractivity contribution in [3.63, 3.8) is 0 Å². The van der Waals surface area contributed by atoms with Crippen molar-refractivity contribution in [3.05, 3.63) is 11.8 Å². The fourth-order valence-electron chi connectivity index (χ4n) is 2.09. The summed E-state index contributed by atoms with van der Waals surface area (Å²) in [4.78, 5) is 21.5. The molecule has 19 heavy (non-hydrogen) atoms. The molecule has 1 fully saturated rings. The van der Waals surface area contributed by atoms with Gasteiger partial charge in [0.25, 0.3) is 0 Å². The van der Waals surface area contributed by atoms with Crippen molar-refractivity contribution >= 4 is 11.9 Å². The molecular weight excluding hydrogens is 246 g/mol. The van der Waals surface area contributed by atoms with Gasteiger partial charge in [-0.15, -0.1) is 0 Å². The van der Waals surface area contributed by atoms with Gasteiger partial charge < -0.3 is 14.7 Å². The van der Waals surface area contributed by atoms with Crippen molar-refractivity contribution in [2.45, 2.75) is 32.6 Å². The predicted molar refractivity (Wildman–Crippen MR) is 70.6 cm³/mol. The largest absolute Gasteiger partial charge is 0.479 e. The number of aliphatic carboxylic acids is 1. The molecule has 1 saturated heterocycles. The monoisotopic (exact) mass is 265 g/mol. The molecule has 104 valence electrons. The Hall–Kier alpha value is -1.85. The number of hydrogen-bond donors (Lipinski definition) is 1. The maximum atomic E-state index is 10.5. The zero-order valence-electron chi connectivity index (χ0n) is 11.1. The minimum atomic E-state index is -1.00. The zero-order valence-corrected chi connectivity index (χ0v) is 11.1. The lowest BCUT2D eigenvalue weighted by Gasteiger charge is -2.27. The van der Waals surface area contributed by atoms with Gasteiger partial charge in [0.2, 0.25) is 11.8 Å². The summed E-state index contributed by atoms with van der Waals surface area (Å²) in [6.45, 7) is 3.53. The third kappa shape index (κ3) is 3.81. The van der Waals surface area contributed by atoms with Crippen LogP contribution in [-0.2, 0) is 11.2 Å². The van der Waals surface area contributed by atoms with Gasteiger partial charge in [0.05, 0.1) is 0 Å². The highest BCUT2D eigenvalue weighted by Crippen LogP contribution is 2.20. The fourth-order valence-corrected chi connectivity index (χ4v) is 2.09. The first-order valence-corrected chi connectivity index (χ1v) is 6.66. The Labute approximate surface area is 112 Å². The van der Waals surface area contributed by atoms with Crippen LogP contribution in [0.5, 0.6) is 5.88 Å². The summed E-state index contributed by atoms with van der Waals surface area (Å²) in [5.74, 6) is -0.00885. The van der Waals surface area contributed by atoms with Crippen molar-refractivity contribution in [2.75, 3.05) is 24.6 Å². The molecule has 0 radical (unpaired) electrons. The fraction of sp³-hybridized carbons (Fsp3) is 0.615. The van der Waals surface area contributed by atoms with Crippen LogP contribution in [0.25, 0.3) is 0 Å². The normalized spacial score (nSPS) is 15.3. The third-order valence-electron chi connectivity index (χ3n) is 3.09. The summed E-state index contributed by atoms with van der Waals surface area (Å²) in [5, 5.41) is 8.64. The smallest absolute Gasteiger partial charge is 0.341 e. The van der Waals surface area contributed by atoms with E-state index in [0.717, 1.165) is 38.0 Å². The average Bonchev–Trinajstić information content (AvgIpc) is 2.45. The van der Waals surface area contributed by atoms with Gasteiger partial charge in [-0.3, -0.25) is 0 Å². The summed E-state index contributed by atoms with van der Waals surface area (Å²) >= 11 is 0. The predicted octanol–water partition coefficient (Wildman–Crippen LogP) is 1.49. The van der Waals surface area contributed by atoms with Crippen LogP contribution in [0.2, 0.25) is 0 Å². The number of hydrogen-bond acceptors (Lipinski definition) is 5. The summed E-state index contributed by atoms with van der Waals surface area (Å²) in [5.41, 5.74) is 0.871. The van der Waals surface area contributed by atoms with E-state index in [-0.39, 0.29) is 6.61 Å². The molecule has 0 amide bonds. The van der Waals surface area contributed by atoms with Gasteiger partial charge >= 0.3 is 5.97 Å². The van der Waals surface area contributed by atoms with E-state index in [1.165, 1.54) is 6.42 Å². The van der Waals surface area contributed by atoms with Crippen LogP contribution in [-0.4, -0.2) is 40.7 Å². The Balaban J connectivity index is 2.16. The Morgan fingerprint density at radius 1 is 1.37 bits per heavy atom. The van der Waals surface area contributed by atoms with Gasteiger partial charge in [-0.25, -0.2) is 9.78 Å². The first-order valence-electron chi connectivity index (χ1n) is 6.66. The molecule has 0 aromatic carbocycles. The summed E-state index contributed by atoms with van der Waals surface area (Å²) in [6.07, 6.45) is 4.30. The van der Waals surface area contributed by atoms with E-state index in [4.69, 9.17) is 9.84 Å². The van der Waals surface area contributed by atoms with Gasteiger partial charge in [0.15, 0.2) is 6.61 Å². The Kier molecular flexibility index (Phi) is 4.54. The number of piperidine rings is 1. The lowest BCUT2D eigenvalue weighted by Crippen LogP contribution is -2.31. The van der Waals surface area contributed by atoms with Crippen molar-refractivity contribution in [1.82, 2.24) is 9.97 Å². The number of carboxylic acid groups (broad SMARTS) is 1. The highest BCUT2D eigenvalue weighted by atomic mass is 16.5. The highest BCUT2D eigenvalue weighted by molar-refractivity contribution is 5.68. The van der Waals surface area contributed by atoms with Crippen LogP contribution in [0.1, 0.15) is 31.9 Å². The van der Waals surface area contributed by atoms with Crippen LogP contribution in [0.4, 0.5) is 5.95 Å². The Morgan fingerprint density at radius 3 is 2.74 bits per heavy atom. The number of aryl methyl sites for hydroxylation is 1. The molecule has 0 aliphatic carbocycles. The molecule has 1 aliphatic rings. The first-order chi connectivity index (χ1) is 9.19. The Morgan fingerprint density at radius 2 is 2.11 bits per heavy atom. The zero-order chi connectivity index (χ0) is 13.7. The molecule has 0 spiro atoms. The van der Waals surface area contributed by atoms with Crippen molar-refractivity contribution in [3.8, 4) is 5.88 Å². The summed E-state index contributed by atoms with van der Waals surface area (Å²) < 4.78 is 5.16. The van der Waals surface area contributed by atoms with E-state index in [1.807, 2.05) is 6.92 Å². The molecule has 0 unspecified atom stereocenters. The lowest BCUT2D eigenvalue weighted by molar-refractivity contribution is -0.139. The number of carbonyl (C=O) groups is 1. The molecule has 1 aliphatic heterocycles. The molecule has 6 heteroatoms. The highest BCUT2D eigenvalue weighted by Gasteiger charge is 2.15. The van der Waals surface area contributed by atoms with Gasteiger partial charge in [0.1, 0.15) is 0 Å². The molecular formula is C13H19N3O3. The lowest BCUT2D eigenvalue weighted by atomic mass is 10.1. The molecule has 1 aromatic rings. The second kappa shape index (κ2) is 6.36. The van der Waals surface area contributed by atoms with E-state index in [2.05, 4.69) is 14.9 Å². The minimum Gasteiger partial charge on any atom is -0.479 e. The van der Waals surface area contributed by atoms with E-state index in [0.29, 0.717) is 11.8 Å². The standard InChI is InChI=1S/C13H19N3O3/c1-2-10-8-11(19-9-12(17)18)15-13(14-10)16-6-4-3-5-7-16/h8H,2-7,9H2,1H3,(H,17,18). The topological polar surface area (TPSA) is 75.6 Å². The molecule has 2 heterocycles. The van der Waals surface area contributed by atoms with E-state index >= 15 is 0 Å². The number of nitrogens with zero attached hydrogens (tertiary/aromatic N) is 3. The summed E-state index contributed by atoms with van der Waals surface area (Å²) in [7, 11) is 0. The molecule has 1 N–H and O–H groups in total. The number of ether oxygens (including phenoxy) is 1.